The Morgan fingerprint density at radius 1 is 1.47 bits per heavy atom. The lowest BCUT2D eigenvalue weighted by Crippen LogP contribution is -2.34. The summed E-state index contributed by atoms with van der Waals surface area (Å²) in [5.74, 6) is 0.882. The van der Waals surface area contributed by atoms with Crippen molar-refractivity contribution in [1.29, 1.82) is 0 Å². The van der Waals surface area contributed by atoms with Gasteiger partial charge >= 0.3 is 0 Å². The molecular formula is C12H21N5. The number of piperidine rings is 1. The first-order valence-electron chi connectivity index (χ1n) is 6.50. The molecule has 2 aliphatic rings. The summed E-state index contributed by atoms with van der Waals surface area (Å²) in [6.07, 6.45) is 3.45. The first-order chi connectivity index (χ1) is 8.25. The molecule has 0 radical (unpaired) electrons. The van der Waals surface area contributed by atoms with E-state index in [1.807, 2.05) is 0 Å². The molecule has 94 valence electrons. The van der Waals surface area contributed by atoms with Crippen LogP contribution in [0.4, 0.5) is 5.82 Å². The highest BCUT2D eigenvalue weighted by Gasteiger charge is 2.25. The van der Waals surface area contributed by atoms with Crippen molar-refractivity contribution in [3.05, 3.63) is 11.3 Å². The zero-order valence-corrected chi connectivity index (χ0v) is 10.4. The van der Waals surface area contributed by atoms with E-state index >= 15 is 0 Å². The molecule has 1 unspecified atom stereocenters. The maximum Gasteiger partial charge on any atom is 0.126 e. The topological polar surface area (TPSA) is 59.1 Å². The highest BCUT2D eigenvalue weighted by molar-refractivity contribution is 5.45. The van der Waals surface area contributed by atoms with Crippen LogP contribution in [-0.4, -0.2) is 41.4 Å². The van der Waals surface area contributed by atoms with Gasteiger partial charge in [0.05, 0.1) is 11.7 Å². The Labute approximate surface area is 102 Å². The van der Waals surface area contributed by atoms with Crippen LogP contribution in [0.15, 0.2) is 0 Å². The van der Waals surface area contributed by atoms with Crippen molar-refractivity contribution in [1.82, 2.24) is 20.0 Å². The molecule has 1 fully saturated rings. The van der Waals surface area contributed by atoms with E-state index in [9.17, 15) is 0 Å². The van der Waals surface area contributed by atoms with Gasteiger partial charge in [0.1, 0.15) is 5.82 Å². The van der Waals surface area contributed by atoms with Crippen LogP contribution < -0.4 is 11.1 Å². The quantitative estimate of drug-likeness (QED) is 0.739. The number of rotatable bonds is 1. The predicted octanol–water partition coefficient (Wildman–Crippen LogP) is 0.378. The minimum atomic E-state index is 0.458. The summed E-state index contributed by atoms with van der Waals surface area (Å²) in [4.78, 5) is 2.37. The fraction of sp³-hybridized carbons (Fsp3) is 0.750. The molecule has 2 aliphatic heterocycles. The van der Waals surface area contributed by atoms with E-state index in [2.05, 4.69) is 21.9 Å². The molecule has 1 saturated heterocycles. The van der Waals surface area contributed by atoms with E-state index in [-0.39, 0.29) is 0 Å². The SMILES string of the molecule is CN1CCCC(n2nc3c(c2N)CNCC3)C1. The van der Waals surface area contributed by atoms with Crippen molar-refractivity contribution in [3.63, 3.8) is 0 Å². The third-order valence-electron chi connectivity index (χ3n) is 3.92. The summed E-state index contributed by atoms with van der Waals surface area (Å²) in [7, 11) is 2.17. The zero-order valence-electron chi connectivity index (χ0n) is 10.4. The number of fused-ring (bicyclic) bond motifs is 1. The van der Waals surface area contributed by atoms with Crippen LogP contribution in [-0.2, 0) is 13.0 Å². The molecule has 0 bridgehead atoms. The van der Waals surface area contributed by atoms with Gasteiger partial charge in [0.15, 0.2) is 0 Å². The summed E-state index contributed by atoms with van der Waals surface area (Å²) < 4.78 is 2.08. The maximum absolute atomic E-state index is 6.24. The Morgan fingerprint density at radius 3 is 3.12 bits per heavy atom. The largest absolute Gasteiger partial charge is 0.384 e. The predicted molar refractivity (Wildman–Crippen MR) is 67.8 cm³/mol. The first-order valence-corrected chi connectivity index (χ1v) is 6.50. The molecule has 1 aromatic rings. The third kappa shape index (κ3) is 1.93. The lowest BCUT2D eigenvalue weighted by Gasteiger charge is -2.30. The molecule has 0 saturated carbocycles. The Kier molecular flexibility index (Phi) is 2.80. The fourth-order valence-corrected chi connectivity index (χ4v) is 2.96. The number of nitrogens with zero attached hydrogens (tertiary/aromatic N) is 3. The lowest BCUT2D eigenvalue weighted by atomic mass is 10.1. The van der Waals surface area contributed by atoms with Crippen LogP contribution in [0, 0.1) is 0 Å². The first kappa shape index (κ1) is 11.0. The summed E-state index contributed by atoms with van der Waals surface area (Å²) in [5.41, 5.74) is 8.67. The van der Waals surface area contributed by atoms with E-state index < -0.39 is 0 Å². The van der Waals surface area contributed by atoms with Crippen LogP contribution in [0.25, 0.3) is 0 Å². The van der Waals surface area contributed by atoms with Gasteiger partial charge in [-0.25, -0.2) is 4.68 Å². The lowest BCUT2D eigenvalue weighted by molar-refractivity contribution is 0.204. The van der Waals surface area contributed by atoms with Gasteiger partial charge in [-0.2, -0.15) is 5.10 Å². The summed E-state index contributed by atoms with van der Waals surface area (Å²) in [6, 6.07) is 0.458. The normalized spacial score (nSPS) is 25.8. The molecule has 5 nitrogen and oxygen atoms in total. The fourth-order valence-electron chi connectivity index (χ4n) is 2.96. The van der Waals surface area contributed by atoms with Crippen molar-refractivity contribution < 1.29 is 0 Å². The zero-order chi connectivity index (χ0) is 11.8. The molecular weight excluding hydrogens is 214 g/mol. The number of nitrogens with two attached hydrogens (primary N) is 1. The molecule has 5 heteroatoms. The number of hydrogen-bond donors (Lipinski definition) is 2. The molecule has 0 spiro atoms. The molecule has 0 aliphatic carbocycles. The van der Waals surface area contributed by atoms with E-state index in [0.29, 0.717) is 6.04 Å². The maximum atomic E-state index is 6.24. The average molecular weight is 235 g/mol. The van der Waals surface area contributed by atoms with E-state index in [4.69, 9.17) is 10.8 Å². The number of anilines is 1. The van der Waals surface area contributed by atoms with E-state index in [0.717, 1.165) is 31.9 Å². The van der Waals surface area contributed by atoms with Gasteiger partial charge in [0, 0.05) is 31.6 Å². The van der Waals surface area contributed by atoms with Crippen LogP contribution in [0.3, 0.4) is 0 Å². The average Bonchev–Trinajstić information content (AvgIpc) is 2.68. The number of aromatic nitrogens is 2. The molecule has 3 rings (SSSR count). The summed E-state index contributed by atoms with van der Waals surface area (Å²) in [5, 5.41) is 8.10. The smallest absolute Gasteiger partial charge is 0.126 e. The standard InChI is InChI=1S/C12H21N5/c1-16-6-2-3-9(8-16)17-12(13)10-7-14-5-4-11(10)15-17/h9,14H,2-8,13H2,1H3. The van der Waals surface area contributed by atoms with Gasteiger partial charge in [0.25, 0.3) is 0 Å². The van der Waals surface area contributed by atoms with Crippen molar-refractivity contribution in [2.45, 2.75) is 31.8 Å². The monoisotopic (exact) mass is 235 g/mol. The Morgan fingerprint density at radius 2 is 2.35 bits per heavy atom. The number of likely N-dealkylation sites (tertiary alicyclic amines) is 1. The molecule has 0 amide bonds. The summed E-state index contributed by atoms with van der Waals surface area (Å²) in [6.45, 7) is 4.16. The summed E-state index contributed by atoms with van der Waals surface area (Å²) >= 11 is 0. The van der Waals surface area contributed by atoms with Crippen molar-refractivity contribution in [3.8, 4) is 0 Å². The van der Waals surface area contributed by atoms with Gasteiger partial charge in [-0.1, -0.05) is 0 Å². The van der Waals surface area contributed by atoms with Crippen LogP contribution >= 0.6 is 0 Å². The molecule has 1 aromatic heterocycles. The van der Waals surface area contributed by atoms with Gasteiger partial charge in [0.2, 0.25) is 0 Å². The number of hydrogen-bond acceptors (Lipinski definition) is 4. The second-order valence-corrected chi connectivity index (χ2v) is 5.24. The molecule has 1 atom stereocenters. The minimum Gasteiger partial charge on any atom is -0.384 e. The Bertz CT molecular complexity index is 411. The van der Waals surface area contributed by atoms with Crippen LogP contribution in [0.5, 0.6) is 0 Å². The third-order valence-corrected chi connectivity index (χ3v) is 3.92. The van der Waals surface area contributed by atoms with Crippen LogP contribution in [0.1, 0.15) is 30.1 Å². The van der Waals surface area contributed by atoms with Gasteiger partial charge in [-0.15, -0.1) is 0 Å². The van der Waals surface area contributed by atoms with Gasteiger partial charge < -0.3 is 16.0 Å². The van der Waals surface area contributed by atoms with Crippen molar-refractivity contribution in [2.75, 3.05) is 32.4 Å². The van der Waals surface area contributed by atoms with Crippen molar-refractivity contribution in [2.24, 2.45) is 0 Å². The Hall–Kier alpha value is -1.07. The number of likely N-dealkylation sites (N-methyl/N-ethyl adjacent to an activating group) is 1. The Balaban J connectivity index is 1.89. The highest BCUT2D eigenvalue weighted by Crippen LogP contribution is 2.27. The number of nitrogens with one attached hydrogen (secondary N) is 1. The molecule has 17 heavy (non-hydrogen) atoms. The van der Waals surface area contributed by atoms with E-state index in [1.165, 1.54) is 30.6 Å². The van der Waals surface area contributed by atoms with Crippen molar-refractivity contribution >= 4 is 5.82 Å². The number of nitrogen functional groups attached to an aromatic ring is 1. The molecule has 3 heterocycles. The minimum absolute atomic E-state index is 0.458. The molecule has 0 aromatic carbocycles. The van der Waals surface area contributed by atoms with E-state index in [1.54, 1.807) is 0 Å². The molecule has 3 N–H and O–H groups in total. The van der Waals surface area contributed by atoms with Gasteiger partial charge in [-0.3, -0.25) is 0 Å². The van der Waals surface area contributed by atoms with Gasteiger partial charge in [-0.05, 0) is 26.4 Å². The second-order valence-electron chi connectivity index (χ2n) is 5.24. The second kappa shape index (κ2) is 4.31. The highest BCUT2D eigenvalue weighted by atomic mass is 15.4. The van der Waals surface area contributed by atoms with Crippen LogP contribution in [0.2, 0.25) is 0 Å².